The van der Waals surface area contributed by atoms with Crippen LogP contribution in [0.2, 0.25) is 0 Å². The first-order valence-corrected chi connectivity index (χ1v) is 9.68. The number of amides is 1. The molecule has 1 heterocycles. The summed E-state index contributed by atoms with van der Waals surface area (Å²) in [6, 6.07) is 5.79. The normalized spacial score (nSPS) is 20.2. The fourth-order valence-corrected chi connectivity index (χ4v) is 3.98. The zero-order valence-electron chi connectivity index (χ0n) is 14.7. The van der Waals surface area contributed by atoms with Gasteiger partial charge in [-0.2, -0.15) is 4.72 Å². The minimum Gasteiger partial charge on any atom is -0.375 e. The molecule has 0 aliphatic carbocycles. The van der Waals surface area contributed by atoms with Crippen LogP contribution in [0.15, 0.2) is 29.2 Å². The lowest BCUT2D eigenvalue weighted by atomic mass is 10.0. The van der Waals surface area contributed by atoms with Gasteiger partial charge in [0.05, 0.1) is 17.6 Å². The Morgan fingerprint density at radius 3 is 2.46 bits per heavy atom. The molecule has 1 saturated heterocycles. The molecule has 2 rings (SSSR count). The number of aryl methyl sites for hydroxylation is 1. The average molecular weight is 354 g/mol. The van der Waals surface area contributed by atoms with Crippen LogP contribution in [0.3, 0.4) is 0 Å². The molecular weight excluding hydrogens is 328 g/mol. The Hall–Kier alpha value is -1.44. The first-order valence-electron chi connectivity index (χ1n) is 8.20. The number of carbonyl (C=O) groups excluding carboxylic acids is 1. The molecule has 6 nitrogen and oxygen atoms in total. The highest BCUT2D eigenvalue weighted by atomic mass is 32.2. The predicted molar refractivity (Wildman–Crippen MR) is 92.1 cm³/mol. The van der Waals surface area contributed by atoms with Crippen LogP contribution >= 0.6 is 0 Å². The molecule has 1 aliphatic rings. The molecular formula is C17H26N2O4S. The van der Waals surface area contributed by atoms with Gasteiger partial charge in [-0.15, -0.1) is 0 Å². The van der Waals surface area contributed by atoms with Crippen molar-refractivity contribution < 1.29 is 17.9 Å². The van der Waals surface area contributed by atoms with E-state index in [0.717, 1.165) is 5.56 Å². The van der Waals surface area contributed by atoms with Crippen molar-refractivity contribution in [3.8, 4) is 0 Å². The predicted octanol–water partition coefficient (Wildman–Crippen LogP) is 1.55. The lowest BCUT2D eigenvalue weighted by Gasteiger charge is -2.34. The Bertz CT molecular complexity index is 670. The van der Waals surface area contributed by atoms with Gasteiger partial charge in [-0.1, -0.05) is 31.5 Å². The van der Waals surface area contributed by atoms with Gasteiger partial charge in [-0.05, 0) is 31.9 Å². The molecule has 2 atom stereocenters. The summed E-state index contributed by atoms with van der Waals surface area (Å²) in [6.45, 7) is 8.91. The summed E-state index contributed by atoms with van der Waals surface area (Å²) in [7, 11) is -3.75. The van der Waals surface area contributed by atoms with Crippen LogP contribution in [0, 0.1) is 12.8 Å². The second-order valence-electron chi connectivity index (χ2n) is 6.62. The number of nitrogens with zero attached hydrogens (tertiary/aromatic N) is 1. The molecule has 1 fully saturated rings. The number of hydrogen-bond acceptors (Lipinski definition) is 4. The van der Waals surface area contributed by atoms with E-state index in [-0.39, 0.29) is 22.8 Å². The van der Waals surface area contributed by atoms with Crippen LogP contribution in [0.25, 0.3) is 0 Å². The third-order valence-electron chi connectivity index (χ3n) is 4.10. The maximum Gasteiger partial charge on any atom is 0.241 e. The Morgan fingerprint density at radius 2 is 1.92 bits per heavy atom. The molecule has 7 heteroatoms. The smallest absolute Gasteiger partial charge is 0.241 e. The number of morpholine rings is 1. The Balaban J connectivity index is 2.18. The van der Waals surface area contributed by atoms with Gasteiger partial charge in [-0.3, -0.25) is 4.79 Å². The van der Waals surface area contributed by atoms with E-state index in [1.165, 1.54) is 0 Å². The molecule has 1 aliphatic heterocycles. The van der Waals surface area contributed by atoms with Crippen LogP contribution in [0.5, 0.6) is 0 Å². The van der Waals surface area contributed by atoms with Crippen molar-refractivity contribution >= 4 is 15.9 Å². The topological polar surface area (TPSA) is 75.7 Å². The zero-order chi connectivity index (χ0) is 17.9. The number of nitrogens with one attached hydrogen (secondary N) is 1. The van der Waals surface area contributed by atoms with Crippen molar-refractivity contribution in [2.75, 3.05) is 19.7 Å². The first-order chi connectivity index (χ1) is 11.2. The molecule has 1 amide bonds. The molecule has 1 aromatic rings. The van der Waals surface area contributed by atoms with Crippen molar-refractivity contribution in [3.63, 3.8) is 0 Å². The molecule has 24 heavy (non-hydrogen) atoms. The van der Waals surface area contributed by atoms with Crippen molar-refractivity contribution in [3.05, 3.63) is 29.8 Å². The zero-order valence-corrected chi connectivity index (χ0v) is 15.5. The summed E-state index contributed by atoms with van der Waals surface area (Å²) < 4.78 is 33.2. The van der Waals surface area contributed by atoms with E-state index in [1.807, 2.05) is 27.7 Å². The summed E-state index contributed by atoms with van der Waals surface area (Å²) in [5.41, 5.74) is 0.979. The molecule has 1 aromatic carbocycles. The average Bonchev–Trinajstić information content (AvgIpc) is 2.52. The van der Waals surface area contributed by atoms with Crippen molar-refractivity contribution in [1.29, 1.82) is 0 Å². The number of sulfonamides is 1. The van der Waals surface area contributed by atoms with Crippen molar-refractivity contribution in [2.24, 2.45) is 5.92 Å². The van der Waals surface area contributed by atoms with Gasteiger partial charge >= 0.3 is 0 Å². The molecule has 0 aromatic heterocycles. The summed E-state index contributed by atoms with van der Waals surface area (Å²) in [4.78, 5) is 14.6. The Labute approximate surface area is 144 Å². The standard InChI is InChI=1S/C17H26N2O4S/c1-12(2)16(17(20)19-9-10-23-14(4)11-19)18-24(21,22)15-7-5-13(3)6-8-15/h5-8,12,14,16,18H,9-11H2,1-4H3/t14-,16+/m0/s1. The molecule has 0 saturated carbocycles. The summed E-state index contributed by atoms with van der Waals surface area (Å²) >= 11 is 0. The fraction of sp³-hybridized carbons (Fsp3) is 0.588. The minimum atomic E-state index is -3.75. The number of ether oxygens (including phenoxy) is 1. The summed E-state index contributed by atoms with van der Waals surface area (Å²) in [5.74, 6) is -0.355. The second kappa shape index (κ2) is 7.63. The maximum atomic E-state index is 12.8. The highest BCUT2D eigenvalue weighted by Gasteiger charge is 2.33. The monoisotopic (exact) mass is 354 g/mol. The molecule has 0 spiro atoms. The molecule has 1 N–H and O–H groups in total. The molecule has 134 valence electrons. The third kappa shape index (κ3) is 4.55. The van der Waals surface area contributed by atoms with E-state index in [9.17, 15) is 13.2 Å². The van der Waals surface area contributed by atoms with E-state index in [1.54, 1.807) is 29.2 Å². The van der Waals surface area contributed by atoms with Gasteiger partial charge in [0.2, 0.25) is 15.9 Å². The quantitative estimate of drug-likeness (QED) is 0.870. The third-order valence-corrected chi connectivity index (χ3v) is 5.56. The van der Waals surface area contributed by atoms with Gasteiger partial charge in [-0.25, -0.2) is 8.42 Å². The lowest BCUT2D eigenvalue weighted by molar-refractivity contribution is -0.141. The van der Waals surface area contributed by atoms with Gasteiger partial charge in [0, 0.05) is 13.1 Å². The van der Waals surface area contributed by atoms with Gasteiger partial charge in [0.15, 0.2) is 0 Å². The SMILES string of the molecule is Cc1ccc(S(=O)(=O)N[C@@H](C(=O)N2CCO[C@@H](C)C2)C(C)C)cc1. The Kier molecular flexibility index (Phi) is 6.01. The number of rotatable bonds is 5. The van der Waals surface area contributed by atoms with E-state index in [0.29, 0.717) is 19.7 Å². The molecule has 0 radical (unpaired) electrons. The summed E-state index contributed by atoms with van der Waals surface area (Å²) in [5, 5.41) is 0. The van der Waals surface area contributed by atoms with Crippen LogP contribution in [-0.4, -0.2) is 51.1 Å². The van der Waals surface area contributed by atoms with Crippen LogP contribution < -0.4 is 4.72 Å². The van der Waals surface area contributed by atoms with E-state index < -0.39 is 16.1 Å². The Morgan fingerprint density at radius 1 is 1.29 bits per heavy atom. The molecule has 0 unspecified atom stereocenters. The van der Waals surface area contributed by atoms with Gasteiger partial charge in [0.25, 0.3) is 0 Å². The van der Waals surface area contributed by atoms with Crippen molar-refractivity contribution in [1.82, 2.24) is 9.62 Å². The van der Waals surface area contributed by atoms with E-state index in [4.69, 9.17) is 4.74 Å². The lowest BCUT2D eigenvalue weighted by Crippen LogP contribution is -2.55. The van der Waals surface area contributed by atoms with E-state index >= 15 is 0 Å². The minimum absolute atomic E-state index is 0.0378. The largest absolute Gasteiger partial charge is 0.375 e. The second-order valence-corrected chi connectivity index (χ2v) is 8.34. The fourth-order valence-electron chi connectivity index (χ4n) is 2.64. The van der Waals surface area contributed by atoms with Crippen LogP contribution in [-0.2, 0) is 19.6 Å². The van der Waals surface area contributed by atoms with Crippen LogP contribution in [0.1, 0.15) is 26.3 Å². The first kappa shape index (κ1) is 18.9. The number of carbonyl (C=O) groups is 1. The highest BCUT2D eigenvalue weighted by molar-refractivity contribution is 7.89. The number of hydrogen-bond donors (Lipinski definition) is 1. The van der Waals surface area contributed by atoms with Gasteiger partial charge in [0.1, 0.15) is 6.04 Å². The highest BCUT2D eigenvalue weighted by Crippen LogP contribution is 2.16. The molecule has 0 bridgehead atoms. The van der Waals surface area contributed by atoms with Gasteiger partial charge < -0.3 is 9.64 Å². The van der Waals surface area contributed by atoms with Crippen molar-refractivity contribution in [2.45, 2.75) is 44.7 Å². The summed E-state index contributed by atoms with van der Waals surface area (Å²) in [6.07, 6.45) is -0.0378. The van der Waals surface area contributed by atoms with E-state index in [2.05, 4.69) is 4.72 Å². The van der Waals surface area contributed by atoms with Crippen LogP contribution in [0.4, 0.5) is 0 Å². The number of benzene rings is 1. The maximum absolute atomic E-state index is 12.8.